The van der Waals surface area contributed by atoms with Crippen molar-refractivity contribution in [3.05, 3.63) is 72.7 Å². The van der Waals surface area contributed by atoms with Gasteiger partial charge in [-0.15, -0.1) is 22.7 Å². The summed E-state index contributed by atoms with van der Waals surface area (Å²) in [5.41, 5.74) is 4.40. The number of thioether (sulfide) groups is 1. The molecule has 0 saturated heterocycles. The number of nitrogens with zero attached hydrogens (tertiary/aromatic N) is 3. The third-order valence-electron chi connectivity index (χ3n) is 11.3. The second-order valence-corrected chi connectivity index (χ2v) is 17.8. The first-order valence-corrected chi connectivity index (χ1v) is 19.6. The zero-order valence-electron chi connectivity index (χ0n) is 28.5. The summed E-state index contributed by atoms with van der Waals surface area (Å²) in [6, 6.07) is 12.4. The van der Waals surface area contributed by atoms with E-state index in [-0.39, 0.29) is 28.0 Å². The van der Waals surface area contributed by atoms with E-state index in [1.54, 1.807) is 27.2 Å². The largest absolute Gasteiger partial charge is 0.316 e. The van der Waals surface area contributed by atoms with Crippen molar-refractivity contribution in [1.82, 2.24) is 9.55 Å². The maximum atomic E-state index is 14.3. The maximum Gasteiger partial charge on any atom is 0.263 e. The Labute approximate surface area is 291 Å². The first kappa shape index (κ1) is 34.0. The van der Waals surface area contributed by atoms with E-state index < -0.39 is 0 Å². The molecule has 0 fully saturated rings. The molecule has 1 aromatic carbocycles. The number of aryl methyl sites for hydroxylation is 1. The zero-order valence-corrected chi connectivity index (χ0v) is 30.9. The number of nitrogens with one attached hydrogen (secondary N) is 1. The van der Waals surface area contributed by atoms with Gasteiger partial charge in [-0.25, -0.2) is 4.98 Å². The van der Waals surface area contributed by atoms with Crippen molar-refractivity contribution in [1.29, 1.82) is 5.26 Å². The normalized spacial score (nSPS) is 18.1. The third-order valence-corrected chi connectivity index (χ3v) is 14.6. The predicted molar refractivity (Wildman–Crippen MR) is 197 cm³/mol. The van der Waals surface area contributed by atoms with Crippen LogP contribution < -0.4 is 10.9 Å². The van der Waals surface area contributed by atoms with Crippen LogP contribution in [0, 0.1) is 34.0 Å². The molecule has 2 aliphatic rings. The van der Waals surface area contributed by atoms with E-state index >= 15 is 0 Å². The van der Waals surface area contributed by atoms with Crippen LogP contribution in [-0.4, -0.2) is 21.2 Å². The van der Waals surface area contributed by atoms with Crippen molar-refractivity contribution in [2.24, 2.45) is 22.7 Å². The van der Waals surface area contributed by atoms with Gasteiger partial charge >= 0.3 is 0 Å². The Bertz CT molecular complexity index is 1890. The number of thiophene rings is 2. The van der Waals surface area contributed by atoms with Crippen LogP contribution in [0.5, 0.6) is 0 Å². The molecule has 0 bridgehead atoms. The molecule has 2 atom stereocenters. The van der Waals surface area contributed by atoms with Crippen LogP contribution in [0.25, 0.3) is 10.2 Å². The van der Waals surface area contributed by atoms with Crippen molar-refractivity contribution in [3.63, 3.8) is 0 Å². The van der Waals surface area contributed by atoms with Crippen molar-refractivity contribution >= 4 is 55.6 Å². The Morgan fingerprint density at radius 3 is 2.23 bits per heavy atom. The SMILES string of the molecule is CCC(C)(C)[C@@H]1CCc2c(sc3nc(SCC(=O)Nc4sc5c(c4C#N)CC[C@H](C(C)(C)CC)C5)n(Cc4ccccc4)c(=O)c23)C1. The second-order valence-electron chi connectivity index (χ2n) is 14.7. The number of amides is 1. The number of hydrogen-bond acceptors (Lipinski definition) is 7. The lowest BCUT2D eigenvalue weighted by Crippen LogP contribution is -2.29. The highest BCUT2D eigenvalue weighted by Gasteiger charge is 2.35. The molecule has 0 radical (unpaired) electrons. The van der Waals surface area contributed by atoms with Gasteiger partial charge in [-0.05, 0) is 77.9 Å². The van der Waals surface area contributed by atoms with Crippen LogP contribution in [0.15, 0.2) is 40.3 Å². The Morgan fingerprint density at radius 2 is 1.62 bits per heavy atom. The topological polar surface area (TPSA) is 87.8 Å². The first-order chi connectivity index (χ1) is 22.5. The lowest BCUT2D eigenvalue weighted by molar-refractivity contribution is -0.113. The lowest BCUT2D eigenvalue weighted by atomic mass is 9.69. The Kier molecular flexibility index (Phi) is 9.77. The van der Waals surface area contributed by atoms with Crippen molar-refractivity contribution < 1.29 is 4.79 Å². The van der Waals surface area contributed by atoms with Crippen LogP contribution in [0.4, 0.5) is 5.00 Å². The number of anilines is 1. The Hall–Kier alpha value is -2.93. The first-order valence-electron chi connectivity index (χ1n) is 17.0. The molecule has 47 heavy (non-hydrogen) atoms. The molecule has 6 nitrogen and oxygen atoms in total. The van der Waals surface area contributed by atoms with E-state index in [1.165, 1.54) is 27.1 Å². The molecule has 3 aromatic heterocycles. The van der Waals surface area contributed by atoms with Gasteiger partial charge in [-0.1, -0.05) is 96.5 Å². The van der Waals surface area contributed by atoms with Crippen LogP contribution in [-0.2, 0) is 37.0 Å². The molecule has 6 rings (SSSR count). The Morgan fingerprint density at radius 1 is 1.00 bits per heavy atom. The van der Waals surface area contributed by atoms with Crippen molar-refractivity contribution in [2.45, 2.75) is 105 Å². The van der Waals surface area contributed by atoms with Gasteiger partial charge in [0.2, 0.25) is 5.91 Å². The fourth-order valence-corrected chi connectivity index (χ4v) is 10.7. The number of aromatic nitrogens is 2. The molecule has 0 spiro atoms. The van der Waals surface area contributed by atoms with E-state index in [0.717, 1.165) is 72.7 Å². The van der Waals surface area contributed by atoms with Gasteiger partial charge in [0.25, 0.3) is 5.56 Å². The predicted octanol–water partition coefficient (Wildman–Crippen LogP) is 9.25. The molecule has 4 aromatic rings. The molecule has 0 unspecified atom stereocenters. The number of benzene rings is 1. The minimum Gasteiger partial charge on any atom is -0.316 e. The number of hydrogen-bond donors (Lipinski definition) is 1. The lowest BCUT2D eigenvalue weighted by Gasteiger charge is -2.36. The number of nitriles is 1. The average molecular weight is 687 g/mol. The van der Waals surface area contributed by atoms with Gasteiger partial charge in [0.1, 0.15) is 15.9 Å². The van der Waals surface area contributed by atoms with Crippen LogP contribution in [0.2, 0.25) is 0 Å². The minimum atomic E-state index is -0.189. The molecule has 9 heteroatoms. The molecular weight excluding hydrogens is 641 g/mol. The summed E-state index contributed by atoms with van der Waals surface area (Å²) in [7, 11) is 0. The number of carbonyl (C=O) groups excluding carboxylic acids is 1. The van der Waals surface area contributed by atoms with Crippen LogP contribution >= 0.6 is 34.4 Å². The van der Waals surface area contributed by atoms with Crippen molar-refractivity contribution in [2.75, 3.05) is 11.1 Å². The van der Waals surface area contributed by atoms with Crippen LogP contribution in [0.3, 0.4) is 0 Å². The van der Waals surface area contributed by atoms with Gasteiger partial charge < -0.3 is 5.32 Å². The summed E-state index contributed by atoms with van der Waals surface area (Å²) in [5.74, 6) is 1.07. The minimum absolute atomic E-state index is 0.0188. The highest BCUT2D eigenvalue weighted by molar-refractivity contribution is 7.99. The molecule has 1 N–H and O–H groups in total. The molecule has 248 valence electrons. The summed E-state index contributed by atoms with van der Waals surface area (Å²) in [4.78, 5) is 36.1. The maximum absolute atomic E-state index is 14.3. The summed E-state index contributed by atoms with van der Waals surface area (Å²) < 4.78 is 1.75. The van der Waals surface area contributed by atoms with Gasteiger partial charge in [-0.3, -0.25) is 14.2 Å². The quantitative estimate of drug-likeness (QED) is 0.133. The summed E-state index contributed by atoms with van der Waals surface area (Å²) >= 11 is 4.52. The number of carbonyl (C=O) groups is 1. The highest BCUT2D eigenvalue weighted by atomic mass is 32.2. The highest BCUT2D eigenvalue weighted by Crippen LogP contribution is 2.46. The molecule has 0 saturated carbocycles. The summed E-state index contributed by atoms with van der Waals surface area (Å²) in [5, 5.41) is 15.1. The van der Waals surface area contributed by atoms with Crippen molar-refractivity contribution in [3.8, 4) is 6.07 Å². The molecule has 1 amide bonds. The van der Waals surface area contributed by atoms with Gasteiger partial charge in [0, 0.05) is 9.75 Å². The standard InChI is InChI=1S/C38H46N4O2S3/c1-7-37(3,4)24-14-16-26-28(20-39)33(46-29(26)18-24)40-31(43)22-45-36-41-34-32(35(44)42(36)21-23-12-10-9-11-13-23)27-17-15-25(19-30(27)47-34)38(5,6)8-2/h9-13,24-25H,7-8,14-19,21-22H2,1-6H3,(H,40,43)/t24-,25+/m0/s1. The van der Waals surface area contributed by atoms with E-state index in [0.29, 0.717) is 34.1 Å². The third kappa shape index (κ3) is 6.71. The molecule has 0 aliphatic heterocycles. The van der Waals surface area contributed by atoms with Gasteiger partial charge in [0.05, 0.1) is 23.2 Å². The zero-order chi connectivity index (χ0) is 33.5. The molecular formula is C38H46N4O2S3. The molecule has 3 heterocycles. The fourth-order valence-electron chi connectivity index (χ4n) is 7.25. The average Bonchev–Trinajstić information content (AvgIpc) is 3.61. The summed E-state index contributed by atoms with van der Waals surface area (Å²) in [6.45, 7) is 14.3. The van der Waals surface area contributed by atoms with E-state index in [9.17, 15) is 14.9 Å². The summed E-state index contributed by atoms with van der Waals surface area (Å²) in [6.07, 6.45) is 8.13. The van der Waals surface area contributed by atoms with Gasteiger partial charge in [0.15, 0.2) is 5.16 Å². The number of rotatable bonds is 10. The smallest absolute Gasteiger partial charge is 0.263 e. The van der Waals surface area contributed by atoms with E-state index in [4.69, 9.17) is 4.98 Å². The monoisotopic (exact) mass is 686 g/mol. The van der Waals surface area contributed by atoms with Gasteiger partial charge in [-0.2, -0.15) is 5.26 Å². The van der Waals surface area contributed by atoms with E-state index in [1.807, 2.05) is 30.3 Å². The Balaban J connectivity index is 1.27. The second kappa shape index (κ2) is 13.5. The molecule has 2 aliphatic carbocycles. The van der Waals surface area contributed by atoms with E-state index in [2.05, 4.69) is 52.9 Å². The number of fused-ring (bicyclic) bond motifs is 4. The van der Waals surface area contributed by atoms with Crippen LogP contribution in [0.1, 0.15) is 99.2 Å². The fraction of sp³-hybridized carbons (Fsp3) is 0.526.